The molecule has 26 heavy (non-hydrogen) atoms. The maximum atomic E-state index is 13.6. The Morgan fingerprint density at radius 2 is 1.38 bits per heavy atom. The number of alkyl halides is 4. The van der Waals surface area contributed by atoms with Crippen LogP contribution < -0.4 is 0 Å². The molecule has 0 radical (unpaired) electrons. The molecule has 0 unspecified atom stereocenters. The zero-order valence-corrected chi connectivity index (χ0v) is 13.9. The number of benzene rings is 2. The molecule has 3 aromatic rings. The van der Waals surface area contributed by atoms with Crippen LogP contribution in [0.1, 0.15) is 0 Å². The molecule has 0 saturated heterocycles. The summed E-state index contributed by atoms with van der Waals surface area (Å²) in [6.07, 6.45) is -4.38. The summed E-state index contributed by atoms with van der Waals surface area (Å²) in [6, 6.07) is 16.5. The van der Waals surface area contributed by atoms with Gasteiger partial charge in [0.15, 0.2) is 0 Å². The lowest BCUT2D eigenvalue weighted by molar-refractivity contribution is -0.0639. The van der Waals surface area contributed by atoms with Gasteiger partial charge in [0.25, 0.3) is 9.84 Å². The van der Waals surface area contributed by atoms with Crippen LogP contribution in [0.4, 0.5) is 17.6 Å². The van der Waals surface area contributed by atoms with Crippen molar-refractivity contribution in [2.75, 3.05) is 0 Å². The van der Waals surface area contributed by atoms with Gasteiger partial charge in [-0.05, 0) is 0 Å². The van der Waals surface area contributed by atoms with Crippen LogP contribution in [0.5, 0.6) is 0 Å². The highest BCUT2D eigenvalue weighted by Crippen LogP contribution is 2.37. The van der Waals surface area contributed by atoms with E-state index in [-0.39, 0.29) is 11.4 Å². The van der Waals surface area contributed by atoms with Crippen molar-refractivity contribution in [3.05, 3.63) is 60.7 Å². The first-order valence-electron chi connectivity index (χ1n) is 7.36. The molecule has 0 bridgehead atoms. The van der Waals surface area contributed by atoms with Gasteiger partial charge >= 0.3 is 11.7 Å². The predicted octanol–water partition coefficient (Wildman–Crippen LogP) is 4.38. The monoisotopic (exact) mass is 384 g/mol. The molecule has 2 aromatic carbocycles. The molecule has 1 aromatic heterocycles. The number of rotatable bonds is 5. The number of nitrogens with zero attached hydrogens (tertiary/aromatic N) is 1. The van der Waals surface area contributed by atoms with Crippen LogP contribution in [0.25, 0.3) is 22.5 Å². The van der Waals surface area contributed by atoms with E-state index in [1.54, 1.807) is 60.7 Å². The Kier molecular flexibility index (Phi) is 4.57. The lowest BCUT2D eigenvalue weighted by Crippen LogP contribution is -2.37. The molecule has 1 heterocycles. The van der Waals surface area contributed by atoms with E-state index in [0.717, 1.165) is 0 Å². The number of hydrogen-bond donors (Lipinski definition) is 1. The van der Waals surface area contributed by atoms with Gasteiger partial charge in [-0.15, -0.1) is 0 Å². The predicted molar refractivity (Wildman–Crippen MR) is 87.6 cm³/mol. The first kappa shape index (κ1) is 18.1. The van der Waals surface area contributed by atoms with Gasteiger partial charge in [-0.3, -0.25) is 0 Å². The van der Waals surface area contributed by atoms with E-state index in [0.29, 0.717) is 11.1 Å². The summed E-state index contributed by atoms with van der Waals surface area (Å²) in [5, 5.41) is -6.47. The average molecular weight is 384 g/mol. The molecule has 136 valence electrons. The first-order valence-corrected chi connectivity index (χ1v) is 8.85. The summed E-state index contributed by atoms with van der Waals surface area (Å²) in [5.41, 5.74) is 1.13. The van der Waals surface area contributed by atoms with Crippen LogP contribution in [0.3, 0.4) is 0 Å². The Morgan fingerprint density at radius 1 is 0.885 bits per heavy atom. The minimum absolute atomic E-state index is 0.0699. The van der Waals surface area contributed by atoms with E-state index in [1.165, 1.54) is 0 Å². The van der Waals surface area contributed by atoms with Crippen LogP contribution in [0.15, 0.2) is 65.8 Å². The molecule has 1 N–H and O–H groups in total. The van der Waals surface area contributed by atoms with E-state index < -0.39 is 26.7 Å². The maximum absolute atomic E-state index is 13.6. The normalized spacial score (nSPS) is 12.5. The first-order chi connectivity index (χ1) is 12.2. The number of aromatic nitrogens is 2. The van der Waals surface area contributed by atoms with Crippen LogP contribution in [0.2, 0.25) is 0 Å². The topological polar surface area (TPSA) is 62.8 Å². The average Bonchev–Trinajstić information content (AvgIpc) is 3.09. The van der Waals surface area contributed by atoms with E-state index >= 15 is 0 Å². The number of halogens is 4. The lowest BCUT2D eigenvalue weighted by Gasteiger charge is -2.13. The zero-order valence-electron chi connectivity index (χ0n) is 13.0. The Labute approximate surface area is 146 Å². The second-order valence-corrected chi connectivity index (χ2v) is 7.30. The van der Waals surface area contributed by atoms with E-state index in [4.69, 9.17) is 0 Å². The van der Waals surface area contributed by atoms with Gasteiger partial charge < -0.3 is 4.98 Å². The lowest BCUT2D eigenvalue weighted by atomic mass is 10.1. The van der Waals surface area contributed by atoms with Crippen molar-refractivity contribution in [2.24, 2.45) is 0 Å². The molecule has 0 aliphatic carbocycles. The number of hydrogen-bond acceptors (Lipinski definition) is 3. The molecule has 0 amide bonds. The molecular weight excluding hydrogens is 372 g/mol. The van der Waals surface area contributed by atoms with Crippen LogP contribution >= 0.6 is 0 Å². The molecule has 0 aliphatic rings. The summed E-state index contributed by atoms with van der Waals surface area (Å²) in [5.74, 6) is 0. The third-order valence-electron chi connectivity index (χ3n) is 3.66. The molecule has 4 nitrogen and oxygen atoms in total. The standard InChI is InChI=1S/C17H12F4N2O2S/c18-15(19)17(20,21)26(24,25)16-22-13(11-7-3-1-4-8-11)14(23-16)12-9-5-2-6-10-12/h1-10,15H,(H,22,23). The minimum atomic E-state index is -5.71. The van der Waals surface area contributed by atoms with Crippen molar-refractivity contribution >= 4 is 9.84 Å². The van der Waals surface area contributed by atoms with Gasteiger partial charge in [0.05, 0.1) is 11.4 Å². The molecule has 0 aliphatic heterocycles. The van der Waals surface area contributed by atoms with Gasteiger partial charge in [-0.2, -0.15) is 8.78 Å². The van der Waals surface area contributed by atoms with Gasteiger partial charge in [0.2, 0.25) is 5.16 Å². The van der Waals surface area contributed by atoms with Crippen LogP contribution in [-0.4, -0.2) is 30.1 Å². The summed E-state index contributed by atoms with van der Waals surface area (Å²) in [7, 11) is -5.71. The van der Waals surface area contributed by atoms with Crippen molar-refractivity contribution in [3.63, 3.8) is 0 Å². The number of nitrogens with one attached hydrogen (secondary N) is 1. The van der Waals surface area contributed by atoms with Crippen molar-refractivity contribution in [1.82, 2.24) is 9.97 Å². The summed E-state index contributed by atoms with van der Waals surface area (Å²) >= 11 is 0. The van der Waals surface area contributed by atoms with Crippen molar-refractivity contribution in [1.29, 1.82) is 0 Å². The molecule has 0 spiro atoms. The summed E-state index contributed by atoms with van der Waals surface area (Å²) in [6.45, 7) is 0. The number of H-pyrrole nitrogens is 1. The van der Waals surface area contributed by atoms with Crippen molar-refractivity contribution in [3.8, 4) is 22.5 Å². The zero-order chi connectivity index (χ0) is 18.9. The Bertz CT molecular complexity index is 947. The molecule has 3 rings (SSSR count). The Balaban J connectivity index is 2.23. The fourth-order valence-corrected chi connectivity index (χ4v) is 3.28. The quantitative estimate of drug-likeness (QED) is 0.664. The largest absolute Gasteiger partial charge is 0.411 e. The SMILES string of the molecule is O=S(=O)(c1nc(-c2ccccc2)c(-c2ccccc2)[nH]1)C(F)(F)C(F)F. The highest BCUT2D eigenvalue weighted by atomic mass is 32.2. The summed E-state index contributed by atoms with van der Waals surface area (Å²) in [4.78, 5) is 6.01. The second-order valence-electron chi connectivity index (χ2n) is 5.36. The Morgan fingerprint density at radius 3 is 1.88 bits per heavy atom. The second kappa shape index (κ2) is 6.56. The van der Waals surface area contributed by atoms with E-state index in [1.807, 2.05) is 0 Å². The number of imidazole rings is 1. The fraction of sp³-hybridized carbons (Fsp3) is 0.118. The third kappa shape index (κ3) is 2.98. The Hall–Kier alpha value is -2.68. The minimum Gasteiger partial charge on any atom is -0.328 e. The fourth-order valence-electron chi connectivity index (χ4n) is 2.34. The van der Waals surface area contributed by atoms with E-state index in [2.05, 4.69) is 9.97 Å². The highest BCUT2D eigenvalue weighted by molar-refractivity contribution is 7.92. The number of aromatic amines is 1. The molecule has 0 fully saturated rings. The molecular formula is C17H12F4N2O2S. The van der Waals surface area contributed by atoms with Gasteiger partial charge in [-0.25, -0.2) is 22.2 Å². The molecule has 0 saturated carbocycles. The molecule has 9 heteroatoms. The van der Waals surface area contributed by atoms with E-state index in [9.17, 15) is 26.0 Å². The highest BCUT2D eigenvalue weighted by Gasteiger charge is 2.56. The molecule has 0 atom stereocenters. The van der Waals surface area contributed by atoms with Crippen LogP contribution in [-0.2, 0) is 9.84 Å². The smallest absolute Gasteiger partial charge is 0.328 e. The van der Waals surface area contributed by atoms with Crippen LogP contribution in [0, 0.1) is 0 Å². The van der Waals surface area contributed by atoms with Gasteiger partial charge in [0.1, 0.15) is 0 Å². The maximum Gasteiger partial charge on any atom is 0.411 e. The number of sulfone groups is 1. The third-order valence-corrected chi connectivity index (χ3v) is 5.26. The van der Waals surface area contributed by atoms with Gasteiger partial charge in [0, 0.05) is 11.1 Å². The summed E-state index contributed by atoms with van der Waals surface area (Å²) < 4.78 is 76.3. The van der Waals surface area contributed by atoms with Crippen molar-refractivity contribution in [2.45, 2.75) is 16.8 Å². The van der Waals surface area contributed by atoms with Crippen molar-refractivity contribution < 1.29 is 26.0 Å². The van der Waals surface area contributed by atoms with Gasteiger partial charge in [-0.1, -0.05) is 60.7 Å².